The highest BCUT2D eigenvalue weighted by molar-refractivity contribution is 7.91. The minimum Gasteiger partial charge on any atom is -0.396 e. The van der Waals surface area contributed by atoms with Gasteiger partial charge in [-0.2, -0.15) is 0 Å². The lowest BCUT2D eigenvalue weighted by Crippen LogP contribution is -2.39. The third-order valence-electron chi connectivity index (χ3n) is 2.47. The molecular formula is C10H18N4O4S2. The molecular weight excluding hydrogens is 304 g/mol. The Morgan fingerprint density at radius 2 is 2.05 bits per heavy atom. The van der Waals surface area contributed by atoms with Crippen LogP contribution in [0.15, 0.2) is 4.34 Å². The molecule has 0 fully saturated rings. The second-order valence-electron chi connectivity index (χ2n) is 4.54. The third kappa shape index (κ3) is 4.78. The number of carbonyl (C=O) groups is 1. The van der Waals surface area contributed by atoms with Gasteiger partial charge >= 0.3 is 0 Å². The Labute approximate surface area is 121 Å². The summed E-state index contributed by atoms with van der Waals surface area (Å²) < 4.78 is 26.5. The van der Waals surface area contributed by atoms with E-state index in [-0.39, 0.29) is 27.9 Å². The number of sulfonamides is 1. The number of nitrogens with zero attached hydrogens (tertiary/aromatic N) is 2. The fraction of sp³-hybridized carbons (Fsp3) is 0.700. The van der Waals surface area contributed by atoms with Crippen molar-refractivity contribution in [2.45, 2.75) is 37.6 Å². The topological polar surface area (TPSA) is 121 Å². The predicted octanol–water partition coefficient (Wildman–Crippen LogP) is 0.182. The van der Waals surface area contributed by atoms with Crippen molar-refractivity contribution in [3.63, 3.8) is 0 Å². The number of aliphatic hydroxyl groups is 1. The van der Waals surface area contributed by atoms with E-state index in [1.165, 1.54) is 6.92 Å². The zero-order valence-corrected chi connectivity index (χ0v) is 13.1. The van der Waals surface area contributed by atoms with Crippen molar-refractivity contribution < 1.29 is 18.3 Å². The number of nitrogens with one attached hydrogen (secondary N) is 2. The van der Waals surface area contributed by atoms with Crippen LogP contribution < -0.4 is 10.0 Å². The lowest BCUT2D eigenvalue weighted by molar-refractivity contribution is -0.114. The van der Waals surface area contributed by atoms with E-state index in [0.717, 1.165) is 11.3 Å². The maximum atomic E-state index is 12.1. The molecule has 0 spiro atoms. The molecule has 0 bridgehead atoms. The van der Waals surface area contributed by atoms with E-state index in [2.05, 4.69) is 20.2 Å². The quantitative estimate of drug-likeness (QED) is 0.616. The van der Waals surface area contributed by atoms with Crippen molar-refractivity contribution >= 4 is 32.4 Å². The van der Waals surface area contributed by atoms with Gasteiger partial charge in [-0.3, -0.25) is 4.79 Å². The maximum Gasteiger partial charge on any atom is 0.270 e. The van der Waals surface area contributed by atoms with Crippen molar-refractivity contribution in [1.29, 1.82) is 0 Å². The molecule has 0 saturated carbocycles. The first-order valence-electron chi connectivity index (χ1n) is 6.00. The van der Waals surface area contributed by atoms with Crippen molar-refractivity contribution in [3.8, 4) is 0 Å². The van der Waals surface area contributed by atoms with Gasteiger partial charge in [0.2, 0.25) is 15.4 Å². The molecule has 1 rings (SSSR count). The predicted molar refractivity (Wildman–Crippen MR) is 74.9 cm³/mol. The molecule has 20 heavy (non-hydrogen) atoms. The highest BCUT2D eigenvalue weighted by atomic mass is 32.2. The average Bonchev–Trinajstić information content (AvgIpc) is 2.76. The molecule has 1 atom stereocenters. The van der Waals surface area contributed by atoms with Gasteiger partial charge in [0.15, 0.2) is 0 Å². The Kier molecular flexibility index (Phi) is 5.99. The van der Waals surface area contributed by atoms with Gasteiger partial charge in [0, 0.05) is 19.6 Å². The first kappa shape index (κ1) is 17.0. The number of anilines is 1. The largest absolute Gasteiger partial charge is 0.396 e. The molecule has 1 heterocycles. The van der Waals surface area contributed by atoms with Gasteiger partial charge in [0.05, 0.1) is 0 Å². The van der Waals surface area contributed by atoms with Gasteiger partial charge in [-0.25, -0.2) is 13.1 Å². The summed E-state index contributed by atoms with van der Waals surface area (Å²) in [7, 11) is -3.81. The number of hydrogen-bond donors (Lipinski definition) is 3. The third-order valence-corrected chi connectivity index (χ3v) is 5.17. The van der Waals surface area contributed by atoms with Gasteiger partial charge in [0.1, 0.15) is 0 Å². The molecule has 0 aliphatic rings. The molecule has 0 aliphatic heterocycles. The van der Waals surface area contributed by atoms with Crippen LogP contribution in [0.25, 0.3) is 0 Å². The molecule has 1 aromatic rings. The fourth-order valence-corrected chi connectivity index (χ4v) is 3.82. The summed E-state index contributed by atoms with van der Waals surface area (Å²) in [6, 6.07) is -0.391. The SMILES string of the molecule is CC(=O)Nc1nnc(S(=O)(=O)NC(CCO)C(C)C)s1. The zero-order chi connectivity index (χ0) is 15.3. The molecule has 0 radical (unpaired) electrons. The molecule has 10 heteroatoms. The van der Waals surface area contributed by atoms with Gasteiger partial charge in [-0.1, -0.05) is 25.2 Å². The van der Waals surface area contributed by atoms with Crippen molar-refractivity contribution in [1.82, 2.24) is 14.9 Å². The van der Waals surface area contributed by atoms with E-state index < -0.39 is 16.1 Å². The molecule has 8 nitrogen and oxygen atoms in total. The fourth-order valence-electron chi connectivity index (χ4n) is 1.44. The molecule has 114 valence electrons. The Balaban J connectivity index is 2.87. The lowest BCUT2D eigenvalue weighted by atomic mass is 10.0. The van der Waals surface area contributed by atoms with E-state index >= 15 is 0 Å². The number of amides is 1. The van der Waals surface area contributed by atoms with Gasteiger partial charge < -0.3 is 10.4 Å². The Morgan fingerprint density at radius 3 is 2.55 bits per heavy atom. The van der Waals surface area contributed by atoms with Crippen LogP contribution in [0.5, 0.6) is 0 Å². The molecule has 0 saturated heterocycles. The monoisotopic (exact) mass is 322 g/mol. The summed E-state index contributed by atoms with van der Waals surface area (Å²) >= 11 is 0.773. The second-order valence-corrected chi connectivity index (χ2v) is 7.40. The molecule has 3 N–H and O–H groups in total. The van der Waals surface area contributed by atoms with Crippen LogP contribution in [0.3, 0.4) is 0 Å². The van der Waals surface area contributed by atoms with Crippen LogP contribution in [-0.2, 0) is 14.8 Å². The summed E-state index contributed by atoms with van der Waals surface area (Å²) in [5.74, 6) is -0.321. The smallest absolute Gasteiger partial charge is 0.270 e. The zero-order valence-electron chi connectivity index (χ0n) is 11.5. The normalized spacial score (nSPS) is 13.4. The Hall–Kier alpha value is -1.10. The van der Waals surface area contributed by atoms with Crippen LogP contribution in [0.4, 0.5) is 5.13 Å². The summed E-state index contributed by atoms with van der Waals surface area (Å²) in [4.78, 5) is 10.9. The Morgan fingerprint density at radius 1 is 1.40 bits per heavy atom. The number of aromatic nitrogens is 2. The van der Waals surface area contributed by atoms with Gasteiger partial charge in [-0.05, 0) is 12.3 Å². The van der Waals surface area contributed by atoms with Crippen molar-refractivity contribution in [2.24, 2.45) is 5.92 Å². The van der Waals surface area contributed by atoms with E-state index in [1.807, 2.05) is 13.8 Å². The first-order valence-corrected chi connectivity index (χ1v) is 8.30. The average molecular weight is 322 g/mol. The summed E-state index contributed by atoms with van der Waals surface area (Å²) in [5, 5.41) is 18.6. The number of aliphatic hydroxyl groups excluding tert-OH is 1. The highest BCUT2D eigenvalue weighted by Crippen LogP contribution is 2.21. The highest BCUT2D eigenvalue weighted by Gasteiger charge is 2.25. The molecule has 1 aromatic heterocycles. The maximum absolute atomic E-state index is 12.1. The minimum atomic E-state index is -3.81. The summed E-state index contributed by atoms with van der Waals surface area (Å²) in [6.07, 6.45) is 0.314. The summed E-state index contributed by atoms with van der Waals surface area (Å²) in [5.41, 5.74) is 0. The van der Waals surface area contributed by atoms with E-state index in [1.54, 1.807) is 0 Å². The van der Waals surface area contributed by atoms with E-state index in [4.69, 9.17) is 5.11 Å². The van der Waals surface area contributed by atoms with Crippen LogP contribution >= 0.6 is 11.3 Å². The van der Waals surface area contributed by atoms with Gasteiger partial charge in [-0.15, -0.1) is 10.2 Å². The molecule has 0 aliphatic carbocycles. The molecule has 1 unspecified atom stereocenters. The lowest BCUT2D eigenvalue weighted by Gasteiger charge is -2.20. The van der Waals surface area contributed by atoms with Crippen molar-refractivity contribution in [3.05, 3.63) is 0 Å². The van der Waals surface area contributed by atoms with Crippen LogP contribution in [-0.4, -0.2) is 42.3 Å². The van der Waals surface area contributed by atoms with Crippen molar-refractivity contribution in [2.75, 3.05) is 11.9 Å². The van der Waals surface area contributed by atoms with E-state index in [9.17, 15) is 13.2 Å². The van der Waals surface area contributed by atoms with Crippen LogP contribution in [0.2, 0.25) is 0 Å². The second kappa shape index (κ2) is 7.07. The molecule has 0 aromatic carbocycles. The minimum absolute atomic E-state index is 0.0275. The van der Waals surface area contributed by atoms with Crippen LogP contribution in [0, 0.1) is 5.92 Å². The number of hydrogen-bond acceptors (Lipinski definition) is 7. The van der Waals surface area contributed by atoms with E-state index in [0.29, 0.717) is 6.42 Å². The number of rotatable bonds is 7. The standard InChI is InChI=1S/C10H18N4O4S2/c1-6(2)8(4-5-15)14-20(17,18)10-13-12-9(19-10)11-7(3)16/h6,8,14-15H,4-5H2,1-3H3,(H,11,12,16). The Bertz CT molecular complexity index is 555. The first-order chi connectivity index (χ1) is 9.26. The number of carbonyl (C=O) groups excluding carboxylic acids is 1. The van der Waals surface area contributed by atoms with Gasteiger partial charge in [0.25, 0.3) is 10.0 Å². The molecule has 1 amide bonds. The summed E-state index contributed by atoms with van der Waals surface area (Å²) in [6.45, 7) is 4.89. The van der Waals surface area contributed by atoms with Crippen LogP contribution in [0.1, 0.15) is 27.2 Å².